The van der Waals surface area contributed by atoms with E-state index >= 15 is 0 Å². The van der Waals surface area contributed by atoms with Crippen molar-refractivity contribution in [2.24, 2.45) is 0 Å². The van der Waals surface area contributed by atoms with Gasteiger partial charge in [0.2, 0.25) is 0 Å². The molecule has 0 atom stereocenters. The van der Waals surface area contributed by atoms with Gasteiger partial charge < -0.3 is 21.1 Å². The van der Waals surface area contributed by atoms with Crippen LogP contribution in [0.3, 0.4) is 0 Å². The predicted octanol–water partition coefficient (Wildman–Crippen LogP) is 2.11. The van der Waals surface area contributed by atoms with Crippen molar-refractivity contribution >= 4 is 17.6 Å². The molecule has 0 saturated heterocycles. The Hall–Kier alpha value is -2.08. The van der Waals surface area contributed by atoms with E-state index in [0.717, 1.165) is 0 Å². The fraction of sp³-hybridized carbons (Fsp3) is 0.500. The molecule has 22 heavy (non-hydrogen) atoms. The fourth-order valence-electron chi connectivity index (χ4n) is 1.70. The molecule has 6 heteroatoms. The SMILES string of the molecule is CC(C)(C)NC(=O)c1ccccc1NC(=O)NC(C)(C)CO. The zero-order chi connectivity index (χ0) is 17.0. The molecule has 1 rings (SSSR count). The number of aliphatic hydroxyl groups is 1. The first-order valence-electron chi connectivity index (χ1n) is 7.16. The molecule has 1 aromatic rings. The van der Waals surface area contributed by atoms with Gasteiger partial charge in [-0.2, -0.15) is 0 Å². The maximum absolute atomic E-state index is 12.3. The minimum absolute atomic E-state index is 0.188. The molecule has 0 unspecified atom stereocenters. The Balaban J connectivity index is 2.89. The van der Waals surface area contributed by atoms with Crippen LogP contribution in [0.5, 0.6) is 0 Å². The number of nitrogens with one attached hydrogen (secondary N) is 3. The third-order valence-electron chi connectivity index (χ3n) is 2.76. The topological polar surface area (TPSA) is 90.5 Å². The fourth-order valence-corrected chi connectivity index (χ4v) is 1.70. The van der Waals surface area contributed by atoms with E-state index in [1.165, 1.54) is 0 Å². The number of aliphatic hydroxyl groups excluding tert-OH is 1. The van der Waals surface area contributed by atoms with Gasteiger partial charge in [0.05, 0.1) is 23.4 Å². The summed E-state index contributed by atoms with van der Waals surface area (Å²) in [6.45, 7) is 8.87. The zero-order valence-electron chi connectivity index (χ0n) is 13.8. The van der Waals surface area contributed by atoms with Gasteiger partial charge in [0.15, 0.2) is 0 Å². The van der Waals surface area contributed by atoms with E-state index in [1.54, 1.807) is 38.1 Å². The van der Waals surface area contributed by atoms with Crippen molar-refractivity contribution < 1.29 is 14.7 Å². The number of amides is 3. The van der Waals surface area contributed by atoms with Gasteiger partial charge in [0.1, 0.15) is 0 Å². The Morgan fingerprint density at radius 3 is 2.18 bits per heavy atom. The van der Waals surface area contributed by atoms with Crippen molar-refractivity contribution in [1.29, 1.82) is 0 Å². The Bertz CT molecular complexity index is 548. The third-order valence-corrected chi connectivity index (χ3v) is 2.76. The number of carbonyl (C=O) groups is 2. The van der Waals surface area contributed by atoms with Crippen LogP contribution in [0, 0.1) is 0 Å². The van der Waals surface area contributed by atoms with E-state index in [1.807, 2.05) is 20.8 Å². The Morgan fingerprint density at radius 2 is 1.64 bits per heavy atom. The molecule has 4 N–H and O–H groups in total. The smallest absolute Gasteiger partial charge is 0.319 e. The van der Waals surface area contributed by atoms with Gasteiger partial charge >= 0.3 is 6.03 Å². The van der Waals surface area contributed by atoms with Crippen LogP contribution < -0.4 is 16.0 Å². The monoisotopic (exact) mass is 307 g/mol. The quantitative estimate of drug-likeness (QED) is 0.686. The van der Waals surface area contributed by atoms with Crippen LogP contribution in [-0.2, 0) is 0 Å². The van der Waals surface area contributed by atoms with E-state index < -0.39 is 11.6 Å². The summed E-state index contributed by atoms with van der Waals surface area (Å²) in [5, 5.41) is 17.3. The predicted molar refractivity (Wildman–Crippen MR) is 87.0 cm³/mol. The zero-order valence-corrected chi connectivity index (χ0v) is 13.8. The van der Waals surface area contributed by atoms with Gasteiger partial charge in [-0.3, -0.25) is 4.79 Å². The standard InChI is InChI=1S/C16H25N3O3/c1-15(2,3)18-13(21)11-8-6-7-9-12(11)17-14(22)19-16(4,5)10-20/h6-9,20H,10H2,1-5H3,(H,18,21)(H2,17,19,22). The van der Waals surface area contributed by atoms with Gasteiger partial charge in [-0.1, -0.05) is 12.1 Å². The molecule has 122 valence electrons. The molecule has 0 bridgehead atoms. The summed E-state index contributed by atoms with van der Waals surface area (Å²) in [5.74, 6) is -0.259. The summed E-state index contributed by atoms with van der Waals surface area (Å²) in [6.07, 6.45) is 0. The molecule has 3 amide bonds. The maximum Gasteiger partial charge on any atom is 0.319 e. The molecule has 0 spiro atoms. The van der Waals surface area contributed by atoms with Crippen LogP contribution in [0.2, 0.25) is 0 Å². The number of benzene rings is 1. The summed E-state index contributed by atoms with van der Waals surface area (Å²) in [6, 6.07) is 6.30. The van der Waals surface area contributed by atoms with Crippen LogP contribution in [0.4, 0.5) is 10.5 Å². The minimum atomic E-state index is -0.743. The van der Waals surface area contributed by atoms with Gasteiger partial charge in [0, 0.05) is 5.54 Å². The Morgan fingerprint density at radius 1 is 1.05 bits per heavy atom. The van der Waals surface area contributed by atoms with Gasteiger partial charge in [-0.05, 0) is 46.8 Å². The lowest BCUT2D eigenvalue weighted by molar-refractivity contribution is 0.0920. The highest BCUT2D eigenvalue weighted by Crippen LogP contribution is 2.16. The second-order valence-corrected chi connectivity index (χ2v) is 6.87. The van der Waals surface area contributed by atoms with Gasteiger partial charge in [-0.15, -0.1) is 0 Å². The van der Waals surface area contributed by atoms with E-state index in [-0.39, 0.29) is 18.1 Å². The second-order valence-electron chi connectivity index (χ2n) is 6.87. The highest BCUT2D eigenvalue weighted by atomic mass is 16.3. The summed E-state index contributed by atoms with van der Waals surface area (Å²) in [4.78, 5) is 24.3. The summed E-state index contributed by atoms with van der Waals surface area (Å²) in [7, 11) is 0. The lowest BCUT2D eigenvalue weighted by atomic mass is 10.1. The molecular weight excluding hydrogens is 282 g/mol. The summed E-state index contributed by atoms with van der Waals surface area (Å²) < 4.78 is 0. The summed E-state index contributed by atoms with van der Waals surface area (Å²) in [5.41, 5.74) is -0.317. The molecule has 0 aliphatic carbocycles. The van der Waals surface area contributed by atoms with Crippen LogP contribution in [0.25, 0.3) is 0 Å². The first-order chi connectivity index (χ1) is 10.0. The normalized spacial score (nSPS) is 11.7. The van der Waals surface area contributed by atoms with Crippen molar-refractivity contribution in [2.45, 2.75) is 45.7 Å². The summed E-state index contributed by atoms with van der Waals surface area (Å²) >= 11 is 0. The molecular formula is C16H25N3O3. The van der Waals surface area contributed by atoms with Crippen LogP contribution in [0.1, 0.15) is 45.0 Å². The third kappa shape index (κ3) is 5.73. The average Bonchev–Trinajstić information content (AvgIpc) is 2.36. The second kappa shape index (κ2) is 6.79. The van der Waals surface area contributed by atoms with E-state index in [4.69, 9.17) is 0 Å². The molecule has 6 nitrogen and oxygen atoms in total. The molecule has 0 aliphatic rings. The minimum Gasteiger partial charge on any atom is -0.394 e. The van der Waals surface area contributed by atoms with Crippen LogP contribution in [0.15, 0.2) is 24.3 Å². The molecule has 1 aromatic carbocycles. The number of carbonyl (C=O) groups excluding carboxylic acids is 2. The molecule has 0 radical (unpaired) electrons. The van der Waals surface area contributed by atoms with Gasteiger partial charge in [0.25, 0.3) is 5.91 Å². The lowest BCUT2D eigenvalue weighted by Gasteiger charge is -2.24. The first kappa shape index (κ1) is 18.0. The lowest BCUT2D eigenvalue weighted by Crippen LogP contribution is -2.48. The number of hydrogen-bond donors (Lipinski definition) is 4. The molecule has 0 aromatic heterocycles. The Labute approximate surface area is 131 Å². The van der Waals surface area contributed by atoms with Crippen LogP contribution in [-0.4, -0.2) is 34.7 Å². The number of anilines is 1. The average molecular weight is 307 g/mol. The van der Waals surface area contributed by atoms with Crippen molar-refractivity contribution in [1.82, 2.24) is 10.6 Å². The highest BCUT2D eigenvalue weighted by Gasteiger charge is 2.21. The Kier molecular flexibility index (Phi) is 5.54. The maximum atomic E-state index is 12.3. The molecule has 0 saturated carbocycles. The molecule has 0 aliphatic heterocycles. The van der Waals surface area contributed by atoms with Crippen molar-refractivity contribution in [2.75, 3.05) is 11.9 Å². The molecule has 0 heterocycles. The number of hydrogen-bond acceptors (Lipinski definition) is 3. The van der Waals surface area contributed by atoms with Crippen molar-refractivity contribution in [3.8, 4) is 0 Å². The first-order valence-corrected chi connectivity index (χ1v) is 7.16. The van der Waals surface area contributed by atoms with E-state index in [9.17, 15) is 14.7 Å². The van der Waals surface area contributed by atoms with E-state index in [2.05, 4.69) is 16.0 Å². The van der Waals surface area contributed by atoms with E-state index in [0.29, 0.717) is 11.3 Å². The number of rotatable bonds is 4. The van der Waals surface area contributed by atoms with Crippen molar-refractivity contribution in [3.05, 3.63) is 29.8 Å². The van der Waals surface area contributed by atoms with Crippen LogP contribution >= 0.6 is 0 Å². The highest BCUT2D eigenvalue weighted by molar-refractivity contribution is 6.03. The molecule has 0 fully saturated rings. The van der Waals surface area contributed by atoms with Crippen molar-refractivity contribution in [3.63, 3.8) is 0 Å². The van der Waals surface area contributed by atoms with Gasteiger partial charge in [-0.25, -0.2) is 4.79 Å². The number of para-hydroxylation sites is 1. The number of urea groups is 1. The largest absolute Gasteiger partial charge is 0.394 e.